The minimum absolute atomic E-state index is 0.288. The molecule has 0 spiro atoms. The summed E-state index contributed by atoms with van der Waals surface area (Å²) in [5.41, 5.74) is 0.873. The Hall–Kier alpha value is -1.04. The summed E-state index contributed by atoms with van der Waals surface area (Å²) in [5, 5.41) is 9.52. The molecule has 0 aromatic heterocycles. The number of hydrogen-bond acceptors (Lipinski definition) is 2. The van der Waals surface area contributed by atoms with Crippen molar-refractivity contribution in [3.8, 4) is 6.07 Å². The van der Waals surface area contributed by atoms with Crippen LogP contribution in [0.2, 0.25) is 0 Å². The number of likely N-dealkylation sites (tertiary alicyclic amines) is 1. The number of alkyl halides is 1. The van der Waals surface area contributed by atoms with Gasteiger partial charge in [-0.05, 0) is 18.4 Å². The van der Waals surface area contributed by atoms with Crippen LogP contribution in [-0.2, 0) is 5.41 Å². The van der Waals surface area contributed by atoms with Gasteiger partial charge in [-0.1, -0.05) is 30.3 Å². The highest BCUT2D eigenvalue weighted by molar-refractivity contribution is 6.18. The smallest absolute Gasteiger partial charge is 0.0846 e. The molecule has 1 aromatic rings. The van der Waals surface area contributed by atoms with E-state index in [1.54, 1.807) is 0 Å². The molecule has 3 heteroatoms. The lowest BCUT2D eigenvalue weighted by Gasteiger charge is -2.37. The zero-order valence-corrected chi connectivity index (χ0v) is 10.7. The van der Waals surface area contributed by atoms with Crippen molar-refractivity contribution in [3.05, 3.63) is 35.9 Å². The largest absolute Gasteiger partial charge is 0.302 e. The van der Waals surface area contributed by atoms with E-state index in [0.717, 1.165) is 38.0 Å². The van der Waals surface area contributed by atoms with Gasteiger partial charge in [0.05, 0.1) is 11.5 Å². The summed E-state index contributed by atoms with van der Waals surface area (Å²) in [5.74, 6) is 0.672. The van der Waals surface area contributed by atoms with Gasteiger partial charge in [0, 0.05) is 25.5 Å². The Balaban J connectivity index is 2.12. The quantitative estimate of drug-likeness (QED) is 0.770. The molecule has 1 aromatic carbocycles. The topological polar surface area (TPSA) is 27.0 Å². The number of hydrogen-bond donors (Lipinski definition) is 0. The van der Waals surface area contributed by atoms with Crippen LogP contribution < -0.4 is 0 Å². The molecule has 1 fully saturated rings. The summed E-state index contributed by atoms with van der Waals surface area (Å²) in [7, 11) is 0. The van der Waals surface area contributed by atoms with Gasteiger partial charge in [0.25, 0.3) is 0 Å². The van der Waals surface area contributed by atoms with E-state index in [-0.39, 0.29) is 5.41 Å². The molecule has 0 radical (unpaired) electrons. The lowest BCUT2D eigenvalue weighted by atomic mass is 9.74. The van der Waals surface area contributed by atoms with Gasteiger partial charge in [-0.15, -0.1) is 11.6 Å². The SMILES string of the molecule is N#CC1(c2ccccc2)CCN(CCCl)CC1. The first kappa shape index (κ1) is 12.4. The molecule has 1 aliphatic rings. The second-order valence-electron chi connectivity index (χ2n) is 4.59. The van der Waals surface area contributed by atoms with Crippen LogP contribution in [-0.4, -0.2) is 30.4 Å². The molecule has 0 atom stereocenters. The van der Waals surface area contributed by atoms with Crippen molar-refractivity contribution in [1.82, 2.24) is 4.90 Å². The number of piperidine rings is 1. The molecule has 0 amide bonds. The summed E-state index contributed by atoms with van der Waals surface area (Å²) in [4.78, 5) is 2.34. The molecule has 1 saturated heterocycles. The summed E-state index contributed by atoms with van der Waals surface area (Å²) < 4.78 is 0. The third kappa shape index (κ3) is 2.62. The van der Waals surface area contributed by atoms with Gasteiger partial charge in [0.2, 0.25) is 0 Å². The second kappa shape index (κ2) is 5.53. The molecule has 0 aliphatic carbocycles. The molecule has 1 aliphatic heterocycles. The average Bonchev–Trinajstić information content (AvgIpc) is 2.41. The fraction of sp³-hybridized carbons (Fsp3) is 0.500. The van der Waals surface area contributed by atoms with Gasteiger partial charge < -0.3 is 4.90 Å². The van der Waals surface area contributed by atoms with E-state index in [1.807, 2.05) is 18.2 Å². The maximum atomic E-state index is 9.52. The second-order valence-corrected chi connectivity index (χ2v) is 4.97. The van der Waals surface area contributed by atoms with Crippen molar-refractivity contribution in [3.63, 3.8) is 0 Å². The van der Waals surface area contributed by atoms with E-state index >= 15 is 0 Å². The first-order chi connectivity index (χ1) is 8.30. The highest BCUT2D eigenvalue weighted by atomic mass is 35.5. The van der Waals surface area contributed by atoms with Gasteiger partial charge in [-0.2, -0.15) is 5.26 Å². The van der Waals surface area contributed by atoms with E-state index in [2.05, 4.69) is 23.1 Å². The summed E-state index contributed by atoms with van der Waals surface area (Å²) >= 11 is 5.75. The van der Waals surface area contributed by atoms with Crippen molar-refractivity contribution >= 4 is 11.6 Å². The standard InChI is InChI=1S/C14H17ClN2/c15-8-11-17-9-6-14(12-16,7-10-17)13-4-2-1-3-5-13/h1-5H,6-11H2. The summed E-state index contributed by atoms with van der Waals surface area (Å²) in [6.07, 6.45) is 1.81. The van der Waals surface area contributed by atoms with Gasteiger partial charge in [-0.25, -0.2) is 0 Å². The summed E-state index contributed by atoms with van der Waals surface area (Å²) in [6.45, 7) is 2.86. The van der Waals surface area contributed by atoms with Crippen molar-refractivity contribution < 1.29 is 0 Å². The number of nitriles is 1. The molecule has 0 unspecified atom stereocenters. The van der Waals surface area contributed by atoms with Crippen molar-refractivity contribution in [2.45, 2.75) is 18.3 Å². The van der Waals surface area contributed by atoms with Crippen LogP contribution in [0.1, 0.15) is 18.4 Å². The molecular weight excluding hydrogens is 232 g/mol. The number of benzene rings is 1. The number of halogens is 1. The molecule has 2 rings (SSSR count). The van der Waals surface area contributed by atoms with Crippen LogP contribution in [0.3, 0.4) is 0 Å². The Labute approximate surface area is 108 Å². The number of rotatable bonds is 3. The minimum Gasteiger partial charge on any atom is -0.302 e. The Kier molecular flexibility index (Phi) is 4.04. The minimum atomic E-state index is -0.288. The van der Waals surface area contributed by atoms with Crippen LogP contribution in [0.25, 0.3) is 0 Å². The molecule has 0 saturated carbocycles. The van der Waals surface area contributed by atoms with Crippen LogP contribution in [0.5, 0.6) is 0 Å². The van der Waals surface area contributed by atoms with E-state index < -0.39 is 0 Å². The Morgan fingerprint density at radius 3 is 2.41 bits per heavy atom. The van der Waals surface area contributed by atoms with Crippen molar-refractivity contribution in [2.75, 3.05) is 25.5 Å². The molecule has 90 valence electrons. The van der Waals surface area contributed by atoms with E-state index in [4.69, 9.17) is 11.6 Å². The monoisotopic (exact) mass is 248 g/mol. The van der Waals surface area contributed by atoms with Gasteiger partial charge in [-0.3, -0.25) is 0 Å². The Morgan fingerprint density at radius 1 is 1.24 bits per heavy atom. The highest BCUT2D eigenvalue weighted by Crippen LogP contribution is 2.34. The molecule has 0 bridgehead atoms. The van der Waals surface area contributed by atoms with E-state index in [1.165, 1.54) is 0 Å². The maximum absolute atomic E-state index is 9.52. The van der Waals surface area contributed by atoms with Crippen LogP contribution in [0.4, 0.5) is 0 Å². The maximum Gasteiger partial charge on any atom is 0.0846 e. The highest BCUT2D eigenvalue weighted by Gasteiger charge is 2.35. The zero-order chi connectivity index (χ0) is 12.1. The fourth-order valence-corrected chi connectivity index (χ4v) is 2.74. The first-order valence-corrected chi connectivity index (χ1v) is 6.59. The normalized spacial score (nSPS) is 19.8. The van der Waals surface area contributed by atoms with Gasteiger partial charge in [0.1, 0.15) is 0 Å². The van der Waals surface area contributed by atoms with Crippen LogP contribution in [0, 0.1) is 11.3 Å². The van der Waals surface area contributed by atoms with Crippen molar-refractivity contribution in [2.24, 2.45) is 0 Å². The lowest BCUT2D eigenvalue weighted by Crippen LogP contribution is -2.42. The third-order valence-corrected chi connectivity index (χ3v) is 3.82. The third-order valence-electron chi connectivity index (χ3n) is 3.65. The molecule has 0 N–H and O–H groups in total. The first-order valence-electron chi connectivity index (χ1n) is 6.06. The lowest BCUT2D eigenvalue weighted by molar-refractivity contribution is 0.195. The van der Waals surface area contributed by atoms with Gasteiger partial charge in [0.15, 0.2) is 0 Å². The van der Waals surface area contributed by atoms with E-state index in [9.17, 15) is 5.26 Å². The molecule has 1 heterocycles. The summed E-state index contributed by atoms with van der Waals surface area (Å²) in [6, 6.07) is 12.7. The van der Waals surface area contributed by atoms with Crippen LogP contribution in [0.15, 0.2) is 30.3 Å². The van der Waals surface area contributed by atoms with E-state index in [0.29, 0.717) is 5.88 Å². The fourth-order valence-electron chi connectivity index (χ4n) is 2.50. The molecular formula is C14H17ClN2. The molecule has 17 heavy (non-hydrogen) atoms. The van der Waals surface area contributed by atoms with Crippen LogP contribution >= 0.6 is 11.6 Å². The molecule has 2 nitrogen and oxygen atoms in total. The Bertz CT molecular complexity index is 388. The predicted octanol–water partition coefficient (Wildman–Crippen LogP) is 2.78. The Morgan fingerprint density at radius 2 is 1.88 bits per heavy atom. The van der Waals surface area contributed by atoms with Gasteiger partial charge >= 0.3 is 0 Å². The number of nitrogens with zero attached hydrogens (tertiary/aromatic N) is 2. The zero-order valence-electron chi connectivity index (χ0n) is 9.90. The predicted molar refractivity (Wildman–Crippen MR) is 70.1 cm³/mol. The van der Waals surface area contributed by atoms with Crippen molar-refractivity contribution in [1.29, 1.82) is 5.26 Å². The average molecular weight is 249 g/mol.